The SMILES string of the molecule is C=CCCOc1ccc(C(C)=O)c(OCC(=O)OCC)c1. The quantitative estimate of drug-likeness (QED) is 0.303. The van der Waals surface area contributed by atoms with E-state index in [9.17, 15) is 9.59 Å². The van der Waals surface area contributed by atoms with Gasteiger partial charge in [-0.1, -0.05) is 6.08 Å². The first-order valence-electron chi connectivity index (χ1n) is 6.75. The molecule has 5 heteroatoms. The van der Waals surface area contributed by atoms with E-state index in [0.717, 1.165) is 0 Å². The van der Waals surface area contributed by atoms with Gasteiger partial charge in [0.25, 0.3) is 0 Å². The standard InChI is InChI=1S/C16H20O5/c1-4-6-9-20-13-7-8-14(12(3)17)15(10-13)21-11-16(18)19-5-2/h4,7-8,10H,1,5-6,9,11H2,2-3H3. The minimum atomic E-state index is -0.481. The molecular weight excluding hydrogens is 272 g/mol. The first kappa shape index (κ1) is 16.8. The molecule has 0 radical (unpaired) electrons. The van der Waals surface area contributed by atoms with Crippen molar-refractivity contribution >= 4 is 11.8 Å². The van der Waals surface area contributed by atoms with E-state index >= 15 is 0 Å². The lowest BCUT2D eigenvalue weighted by Crippen LogP contribution is -2.15. The minimum Gasteiger partial charge on any atom is -0.493 e. The number of Topliss-reactive ketones (excluding diaryl/α,β-unsaturated/α-hetero) is 1. The van der Waals surface area contributed by atoms with Crippen LogP contribution in [0.25, 0.3) is 0 Å². The first-order valence-corrected chi connectivity index (χ1v) is 6.75. The molecule has 0 aliphatic carbocycles. The highest BCUT2D eigenvalue weighted by molar-refractivity contribution is 5.97. The second-order valence-electron chi connectivity index (χ2n) is 4.23. The lowest BCUT2D eigenvalue weighted by Gasteiger charge is -2.12. The maximum absolute atomic E-state index is 11.6. The van der Waals surface area contributed by atoms with Crippen molar-refractivity contribution in [1.82, 2.24) is 0 Å². The zero-order chi connectivity index (χ0) is 15.7. The van der Waals surface area contributed by atoms with Crippen molar-refractivity contribution in [2.75, 3.05) is 19.8 Å². The Balaban J connectivity index is 2.80. The van der Waals surface area contributed by atoms with Crippen LogP contribution in [0.15, 0.2) is 30.9 Å². The number of benzene rings is 1. The molecule has 1 aromatic carbocycles. The third-order valence-corrected chi connectivity index (χ3v) is 2.57. The topological polar surface area (TPSA) is 61.8 Å². The highest BCUT2D eigenvalue weighted by atomic mass is 16.6. The van der Waals surface area contributed by atoms with E-state index in [-0.39, 0.29) is 19.0 Å². The van der Waals surface area contributed by atoms with Gasteiger partial charge in [0.15, 0.2) is 12.4 Å². The van der Waals surface area contributed by atoms with E-state index in [2.05, 4.69) is 6.58 Å². The Labute approximate surface area is 124 Å². The fourth-order valence-corrected chi connectivity index (χ4v) is 1.60. The van der Waals surface area contributed by atoms with Crippen molar-refractivity contribution in [1.29, 1.82) is 0 Å². The van der Waals surface area contributed by atoms with Crippen LogP contribution in [0.1, 0.15) is 30.6 Å². The second kappa shape index (κ2) is 8.79. The molecule has 0 N–H and O–H groups in total. The summed E-state index contributed by atoms with van der Waals surface area (Å²) in [6.07, 6.45) is 2.47. The van der Waals surface area contributed by atoms with Gasteiger partial charge in [0.2, 0.25) is 0 Å². The van der Waals surface area contributed by atoms with Gasteiger partial charge >= 0.3 is 5.97 Å². The second-order valence-corrected chi connectivity index (χ2v) is 4.23. The van der Waals surface area contributed by atoms with Gasteiger partial charge in [-0.3, -0.25) is 4.79 Å². The van der Waals surface area contributed by atoms with Crippen LogP contribution in [0.3, 0.4) is 0 Å². The average Bonchev–Trinajstić information content (AvgIpc) is 2.45. The summed E-state index contributed by atoms with van der Waals surface area (Å²) >= 11 is 0. The molecule has 5 nitrogen and oxygen atoms in total. The van der Waals surface area contributed by atoms with Gasteiger partial charge in [-0.2, -0.15) is 0 Å². The highest BCUT2D eigenvalue weighted by Crippen LogP contribution is 2.25. The summed E-state index contributed by atoms with van der Waals surface area (Å²) in [6.45, 7) is 7.29. The molecule has 0 aliphatic heterocycles. The number of ketones is 1. The summed E-state index contributed by atoms with van der Waals surface area (Å²) in [4.78, 5) is 22.9. The fraction of sp³-hybridized carbons (Fsp3) is 0.375. The van der Waals surface area contributed by atoms with Gasteiger partial charge < -0.3 is 14.2 Å². The van der Waals surface area contributed by atoms with Crippen LogP contribution in [0.2, 0.25) is 0 Å². The number of rotatable bonds is 9. The van der Waals surface area contributed by atoms with Gasteiger partial charge in [-0.15, -0.1) is 6.58 Å². The molecule has 0 saturated carbocycles. The molecule has 0 atom stereocenters. The van der Waals surface area contributed by atoms with Crippen LogP contribution in [-0.2, 0) is 9.53 Å². The third-order valence-electron chi connectivity index (χ3n) is 2.57. The Morgan fingerprint density at radius 3 is 2.67 bits per heavy atom. The van der Waals surface area contributed by atoms with Crippen molar-refractivity contribution in [2.24, 2.45) is 0 Å². The Bertz CT molecular complexity index is 507. The number of esters is 1. The van der Waals surface area contributed by atoms with Gasteiger partial charge in [0.1, 0.15) is 11.5 Å². The van der Waals surface area contributed by atoms with Crippen molar-refractivity contribution < 1.29 is 23.8 Å². The molecule has 0 saturated heterocycles. The lowest BCUT2D eigenvalue weighted by molar-refractivity contribution is -0.145. The van der Waals surface area contributed by atoms with Crippen LogP contribution in [-0.4, -0.2) is 31.6 Å². The van der Waals surface area contributed by atoms with E-state index < -0.39 is 5.97 Å². The normalized spacial score (nSPS) is 9.81. The Morgan fingerprint density at radius 2 is 2.05 bits per heavy atom. The maximum atomic E-state index is 11.6. The summed E-state index contributed by atoms with van der Waals surface area (Å²) in [5, 5.41) is 0. The molecule has 0 bridgehead atoms. The number of carbonyl (C=O) groups is 2. The monoisotopic (exact) mass is 292 g/mol. The average molecular weight is 292 g/mol. The largest absolute Gasteiger partial charge is 0.493 e. The van der Waals surface area contributed by atoms with Gasteiger partial charge in [-0.25, -0.2) is 4.79 Å². The molecule has 0 amide bonds. The minimum absolute atomic E-state index is 0.147. The van der Waals surface area contributed by atoms with Crippen LogP contribution in [0, 0.1) is 0 Å². The first-order chi connectivity index (χ1) is 10.1. The van der Waals surface area contributed by atoms with E-state index in [1.165, 1.54) is 6.92 Å². The molecular formula is C16H20O5. The smallest absolute Gasteiger partial charge is 0.344 e. The predicted molar refractivity (Wildman–Crippen MR) is 78.9 cm³/mol. The lowest BCUT2D eigenvalue weighted by atomic mass is 10.1. The number of hydrogen-bond acceptors (Lipinski definition) is 5. The number of hydrogen-bond donors (Lipinski definition) is 0. The molecule has 0 aromatic heterocycles. The van der Waals surface area contributed by atoms with E-state index in [1.807, 2.05) is 0 Å². The molecule has 0 heterocycles. The molecule has 0 unspecified atom stereocenters. The molecule has 0 spiro atoms. The summed E-state index contributed by atoms with van der Waals surface area (Å²) in [6, 6.07) is 4.90. The maximum Gasteiger partial charge on any atom is 0.344 e. The van der Waals surface area contributed by atoms with Gasteiger partial charge in [0.05, 0.1) is 18.8 Å². The molecule has 0 aliphatic rings. The van der Waals surface area contributed by atoms with Gasteiger partial charge in [-0.05, 0) is 32.4 Å². The molecule has 114 valence electrons. The molecule has 1 aromatic rings. The Morgan fingerprint density at radius 1 is 1.29 bits per heavy atom. The number of ether oxygens (including phenoxy) is 3. The fourth-order valence-electron chi connectivity index (χ4n) is 1.60. The summed E-state index contributed by atoms with van der Waals surface area (Å²) in [7, 11) is 0. The zero-order valence-electron chi connectivity index (χ0n) is 12.4. The highest BCUT2D eigenvalue weighted by Gasteiger charge is 2.12. The zero-order valence-corrected chi connectivity index (χ0v) is 12.4. The Hall–Kier alpha value is -2.30. The molecule has 0 fully saturated rings. The van der Waals surface area contributed by atoms with E-state index in [4.69, 9.17) is 14.2 Å². The van der Waals surface area contributed by atoms with Crippen LogP contribution in [0.4, 0.5) is 0 Å². The van der Waals surface area contributed by atoms with Gasteiger partial charge in [0, 0.05) is 6.07 Å². The van der Waals surface area contributed by atoms with Crippen LogP contribution >= 0.6 is 0 Å². The van der Waals surface area contributed by atoms with Crippen LogP contribution < -0.4 is 9.47 Å². The van der Waals surface area contributed by atoms with Crippen molar-refractivity contribution in [3.05, 3.63) is 36.4 Å². The van der Waals surface area contributed by atoms with E-state index in [1.54, 1.807) is 31.2 Å². The van der Waals surface area contributed by atoms with Crippen molar-refractivity contribution in [2.45, 2.75) is 20.3 Å². The number of carbonyl (C=O) groups excluding carboxylic acids is 2. The van der Waals surface area contributed by atoms with Crippen molar-refractivity contribution in [3.8, 4) is 11.5 Å². The Kier molecular flexibility index (Phi) is 7.01. The summed E-state index contributed by atoms with van der Waals surface area (Å²) < 4.78 is 15.6. The third kappa shape index (κ3) is 5.69. The van der Waals surface area contributed by atoms with Crippen LogP contribution in [0.5, 0.6) is 11.5 Å². The molecule has 21 heavy (non-hydrogen) atoms. The van der Waals surface area contributed by atoms with Crippen molar-refractivity contribution in [3.63, 3.8) is 0 Å². The summed E-state index contributed by atoms with van der Waals surface area (Å²) in [5.41, 5.74) is 0.398. The summed E-state index contributed by atoms with van der Waals surface area (Å²) in [5.74, 6) is 0.254. The predicted octanol–water partition coefficient (Wildman–Crippen LogP) is 2.79. The molecule has 1 rings (SSSR count). The van der Waals surface area contributed by atoms with E-state index in [0.29, 0.717) is 30.1 Å².